The van der Waals surface area contributed by atoms with Crippen LogP contribution in [0.1, 0.15) is 24.1 Å². The molecule has 3 nitrogen and oxygen atoms in total. The Kier molecular flexibility index (Phi) is 3.79. The molecule has 2 aromatic carbocycles. The summed E-state index contributed by atoms with van der Waals surface area (Å²) in [5.41, 5.74) is 6.89. The molecule has 2 N–H and O–H groups in total. The van der Waals surface area contributed by atoms with Crippen LogP contribution < -0.4 is 10.5 Å². The third-order valence-corrected chi connectivity index (χ3v) is 2.69. The molecule has 0 amide bonds. The van der Waals surface area contributed by atoms with Crippen molar-refractivity contribution in [3.63, 3.8) is 0 Å². The van der Waals surface area contributed by atoms with Gasteiger partial charge in [0, 0.05) is 11.6 Å². The van der Waals surface area contributed by atoms with Crippen molar-refractivity contribution in [2.45, 2.75) is 13.0 Å². The number of para-hydroxylation sites is 1. The van der Waals surface area contributed by atoms with Gasteiger partial charge in [0.25, 0.3) is 0 Å². The standard InChI is InChI=1S/C15H13FN2O/c1-10(18)12-4-2-3-5-14(12)19-15-7-6-11(9-17)8-13(15)16/h2-8,10H,18H2,1H3/t10-/m1/s1. The van der Waals surface area contributed by atoms with Gasteiger partial charge in [-0.3, -0.25) is 0 Å². The van der Waals surface area contributed by atoms with E-state index in [-0.39, 0.29) is 17.4 Å². The van der Waals surface area contributed by atoms with Crippen LogP contribution in [0.5, 0.6) is 11.5 Å². The highest BCUT2D eigenvalue weighted by molar-refractivity contribution is 5.42. The van der Waals surface area contributed by atoms with E-state index in [1.54, 1.807) is 12.1 Å². The van der Waals surface area contributed by atoms with Gasteiger partial charge in [-0.1, -0.05) is 18.2 Å². The van der Waals surface area contributed by atoms with Crippen LogP contribution in [0.4, 0.5) is 4.39 Å². The van der Waals surface area contributed by atoms with Crippen molar-refractivity contribution in [2.75, 3.05) is 0 Å². The molecule has 1 atom stereocenters. The van der Waals surface area contributed by atoms with E-state index in [4.69, 9.17) is 15.7 Å². The number of nitrogens with zero attached hydrogens (tertiary/aromatic N) is 1. The van der Waals surface area contributed by atoms with Crippen molar-refractivity contribution in [3.05, 3.63) is 59.4 Å². The molecule has 0 saturated carbocycles. The van der Waals surface area contributed by atoms with Crippen LogP contribution in [0.15, 0.2) is 42.5 Å². The van der Waals surface area contributed by atoms with E-state index in [1.165, 1.54) is 12.1 Å². The highest BCUT2D eigenvalue weighted by Gasteiger charge is 2.11. The van der Waals surface area contributed by atoms with Crippen LogP contribution in [-0.2, 0) is 0 Å². The lowest BCUT2D eigenvalue weighted by atomic mass is 10.1. The predicted octanol–water partition coefficient (Wildman–Crippen LogP) is 3.51. The fourth-order valence-electron chi connectivity index (χ4n) is 1.72. The second kappa shape index (κ2) is 5.51. The lowest BCUT2D eigenvalue weighted by molar-refractivity contribution is 0.435. The molecule has 0 aromatic heterocycles. The first-order valence-electron chi connectivity index (χ1n) is 5.84. The first kappa shape index (κ1) is 13.1. The third-order valence-electron chi connectivity index (χ3n) is 2.69. The van der Waals surface area contributed by atoms with Gasteiger partial charge in [0.1, 0.15) is 5.75 Å². The highest BCUT2D eigenvalue weighted by atomic mass is 19.1. The topological polar surface area (TPSA) is 59.0 Å². The number of hydrogen-bond acceptors (Lipinski definition) is 3. The summed E-state index contributed by atoms with van der Waals surface area (Å²) in [7, 11) is 0. The van der Waals surface area contributed by atoms with Crippen LogP contribution in [-0.4, -0.2) is 0 Å². The summed E-state index contributed by atoms with van der Waals surface area (Å²) in [6, 6.07) is 13.0. The zero-order chi connectivity index (χ0) is 13.8. The molecule has 0 saturated heterocycles. The summed E-state index contributed by atoms with van der Waals surface area (Å²) in [4.78, 5) is 0. The molecule has 0 radical (unpaired) electrons. The van der Waals surface area contributed by atoms with Crippen molar-refractivity contribution < 1.29 is 9.13 Å². The van der Waals surface area contributed by atoms with Crippen molar-refractivity contribution in [3.8, 4) is 17.6 Å². The Bertz CT molecular complexity index is 632. The fourth-order valence-corrected chi connectivity index (χ4v) is 1.72. The lowest BCUT2D eigenvalue weighted by Gasteiger charge is -2.13. The number of nitrogens with two attached hydrogens (primary N) is 1. The van der Waals surface area contributed by atoms with E-state index in [0.717, 1.165) is 11.6 Å². The minimum atomic E-state index is -0.571. The molecule has 19 heavy (non-hydrogen) atoms. The number of halogens is 1. The van der Waals surface area contributed by atoms with Crippen molar-refractivity contribution in [1.82, 2.24) is 0 Å². The van der Waals surface area contributed by atoms with Gasteiger partial charge in [0.15, 0.2) is 11.6 Å². The lowest BCUT2D eigenvalue weighted by Crippen LogP contribution is -2.06. The molecular formula is C15H13FN2O. The maximum Gasteiger partial charge on any atom is 0.167 e. The first-order chi connectivity index (χ1) is 9.11. The molecule has 96 valence electrons. The van der Waals surface area contributed by atoms with Crippen molar-refractivity contribution in [2.24, 2.45) is 5.73 Å². The van der Waals surface area contributed by atoms with E-state index in [0.29, 0.717) is 5.75 Å². The summed E-state index contributed by atoms with van der Waals surface area (Å²) in [6.45, 7) is 1.83. The maximum absolute atomic E-state index is 13.7. The van der Waals surface area contributed by atoms with Gasteiger partial charge in [0.2, 0.25) is 0 Å². The van der Waals surface area contributed by atoms with E-state index in [2.05, 4.69) is 0 Å². The van der Waals surface area contributed by atoms with Crippen LogP contribution in [0.2, 0.25) is 0 Å². The number of hydrogen-bond donors (Lipinski definition) is 1. The Morgan fingerprint density at radius 1 is 1.21 bits per heavy atom. The van der Waals surface area contributed by atoms with Crippen LogP contribution in [0, 0.1) is 17.1 Å². The van der Waals surface area contributed by atoms with Gasteiger partial charge >= 0.3 is 0 Å². The fraction of sp³-hybridized carbons (Fsp3) is 0.133. The zero-order valence-corrected chi connectivity index (χ0v) is 10.4. The Morgan fingerprint density at radius 2 is 1.95 bits per heavy atom. The highest BCUT2D eigenvalue weighted by Crippen LogP contribution is 2.30. The summed E-state index contributed by atoms with van der Waals surface area (Å²) >= 11 is 0. The largest absolute Gasteiger partial charge is 0.454 e. The minimum absolute atomic E-state index is 0.0760. The Morgan fingerprint density at radius 3 is 2.58 bits per heavy atom. The average Bonchev–Trinajstić information content (AvgIpc) is 2.41. The van der Waals surface area contributed by atoms with Gasteiger partial charge in [-0.2, -0.15) is 5.26 Å². The van der Waals surface area contributed by atoms with E-state index >= 15 is 0 Å². The molecule has 2 rings (SSSR count). The number of rotatable bonds is 3. The van der Waals surface area contributed by atoms with Gasteiger partial charge in [-0.25, -0.2) is 4.39 Å². The molecule has 0 unspecified atom stereocenters. The van der Waals surface area contributed by atoms with Gasteiger partial charge in [-0.15, -0.1) is 0 Å². The summed E-state index contributed by atoms with van der Waals surface area (Å²) in [5, 5.41) is 8.69. The molecule has 0 aliphatic heterocycles. The molecule has 0 aliphatic rings. The number of benzene rings is 2. The van der Waals surface area contributed by atoms with Crippen molar-refractivity contribution >= 4 is 0 Å². The van der Waals surface area contributed by atoms with Crippen LogP contribution in [0.25, 0.3) is 0 Å². The number of nitriles is 1. The van der Waals surface area contributed by atoms with E-state index < -0.39 is 5.82 Å². The Hall–Kier alpha value is -2.38. The molecule has 0 bridgehead atoms. The molecule has 0 fully saturated rings. The third kappa shape index (κ3) is 2.90. The normalized spacial score (nSPS) is 11.7. The van der Waals surface area contributed by atoms with E-state index in [9.17, 15) is 4.39 Å². The molecule has 4 heteroatoms. The van der Waals surface area contributed by atoms with Crippen LogP contribution in [0.3, 0.4) is 0 Å². The quantitative estimate of drug-likeness (QED) is 0.914. The van der Waals surface area contributed by atoms with Gasteiger partial charge in [0.05, 0.1) is 11.6 Å². The zero-order valence-electron chi connectivity index (χ0n) is 10.4. The molecule has 0 aliphatic carbocycles. The molecule has 2 aromatic rings. The van der Waals surface area contributed by atoms with Gasteiger partial charge < -0.3 is 10.5 Å². The van der Waals surface area contributed by atoms with Gasteiger partial charge in [-0.05, 0) is 31.2 Å². The average molecular weight is 256 g/mol. The van der Waals surface area contributed by atoms with Crippen LogP contribution >= 0.6 is 0 Å². The van der Waals surface area contributed by atoms with E-state index in [1.807, 2.05) is 25.1 Å². The number of ether oxygens (including phenoxy) is 1. The predicted molar refractivity (Wildman–Crippen MR) is 70.2 cm³/mol. The second-order valence-corrected chi connectivity index (χ2v) is 4.19. The molecule has 0 spiro atoms. The summed E-state index contributed by atoms with van der Waals surface area (Å²) in [5.74, 6) is 0.0201. The molecule has 0 heterocycles. The molecular weight excluding hydrogens is 243 g/mol. The smallest absolute Gasteiger partial charge is 0.167 e. The Balaban J connectivity index is 2.34. The summed E-state index contributed by atoms with van der Waals surface area (Å²) in [6.07, 6.45) is 0. The van der Waals surface area contributed by atoms with Crippen molar-refractivity contribution in [1.29, 1.82) is 5.26 Å². The maximum atomic E-state index is 13.7. The summed E-state index contributed by atoms with van der Waals surface area (Å²) < 4.78 is 19.3. The first-order valence-corrected chi connectivity index (χ1v) is 5.84. The minimum Gasteiger partial charge on any atom is -0.454 e. The Labute approximate surface area is 111 Å². The second-order valence-electron chi connectivity index (χ2n) is 4.19. The SMILES string of the molecule is C[C@@H](N)c1ccccc1Oc1ccc(C#N)cc1F. The monoisotopic (exact) mass is 256 g/mol.